The first-order chi connectivity index (χ1) is 6.09. The van der Waals surface area contributed by atoms with Crippen LogP contribution in [0.5, 0.6) is 0 Å². The highest BCUT2D eigenvalue weighted by molar-refractivity contribution is 14.1. The van der Waals surface area contributed by atoms with Gasteiger partial charge in [0.15, 0.2) is 0 Å². The number of nitrogens with one attached hydrogen (secondary N) is 1. The lowest BCUT2D eigenvalue weighted by molar-refractivity contribution is -0.116. The van der Waals surface area contributed by atoms with Crippen LogP contribution in [0.3, 0.4) is 0 Å². The van der Waals surface area contributed by atoms with Crippen LogP contribution in [0.25, 0.3) is 0 Å². The molecule has 0 bridgehead atoms. The molecule has 0 spiro atoms. The van der Waals surface area contributed by atoms with Crippen molar-refractivity contribution in [2.24, 2.45) is 5.73 Å². The van der Waals surface area contributed by atoms with E-state index in [2.05, 4.69) is 27.9 Å². The molecule has 1 aromatic rings. The van der Waals surface area contributed by atoms with Gasteiger partial charge in [-0.25, -0.2) is 0 Å². The molecule has 13 heavy (non-hydrogen) atoms. The van der Waals surface area contributed by atoms with Gasteiger partial charge < -0.3 is 11.1 Å². The standard InChI is InChI=1S/C8H8ClIN2O/c9-6-3-5(10)1-2-7(6)12-4-8(11)13/h1-3,12H,4H2,(H2,11,13). The van der Waals surface area contributed by atoms with E-state index >= 15 is 0 Å². The number of anilines is 1. The molecule has 1 rings (SSSR count). The summed E-state index contributed by atoms with van der Waals surface area (Å²) in [5.41, 5.74) is 5.70. The molecule has 3 nitrogen and oxygen atoms in total. The van der Waals surface area contributed by atoms with E-state index in [9.17, 15) is 4.79 Å². The average Bonchev–Trinajstić information content (AvgIpc) is 2.02. The number of benzene rings is 1. The van der Waals surface area contributed by atoms with Gasteiger partial charge in [-0.05, 0) is 40.8 Å². The van der Waals surface area contributed by atoms with Crippen LogP contribution in [0, 0.1) is 3.57 Å². The number of rotatable bonds is 3. The number of nitrogens with two attached hydrogens (primary N) is 1. The smallest absolute Gasteiger partial charge is 0.236 e. The van der Waals surface area contributed by atoms with Crippen molar-refractivity contribution in [3.8, 4) is 0 Å². The molecular weight excluding hydrogens is 302 g/mol. The van der Waals surface area contributed by atoms with Crippen molar-refractivity contribution >= 4 is 45.8 Å². The Morgan fingerprint density at radius 3 is 2.85 bits per heavy atom. The summed E-state index contributed by atoms with van der Waals surface area (Å²) in [7, 11) is 0. The molecule has 0 radical (unpaired) electrons. The van der Waals surface area contributed by atoms with Gasteiger partial charge in [-0.3, -0.25) is 4.79 Å². The molecule has 0 heterocycles. The summed E-state index contributed by atoms with van der Waals surface area (Å²) in [5, 5.41) is 3.42. The highest BCUT2D eigenvalue weighted by Crippen LogP contribution is 2.23. The van der Waals surface area contributed by atoms with Crippen LogP contribution in [-0.2, 0) is 4.79 Å². The molecule has 0 aliphatic heterocycles. The Labute approximate surface area is 94.8 Å². The van der Waals surface area contributed by atoms with Gasteiger partial charge in [-0.1, -0.05) is 11.6 Å². The number of amides is 1. The maximum atomic E-state index is 10.5. The van der Waals surface area contributed by atoms with Gasteiger partial charge in [-0.15, -0.1) is 0 Å². The van der Waals surface area contributed by atoms with Crippen molar-refractivity contribution in [3.05, 3.63) is 26.8 Å². The Hall–Kier alpha value is -0.490. The molecular formula is C8H8ClIN2O. The molecule has 0 saturated carbocycles. The quantitative estimate of drug-likeness (QED) is 0.837. The van der Waals surface area contributed by atoms with Crippen LogP contribution in [-0.4, -0.2) is 12.5 Å². The van der Waals surface area contributed by atoms with E-state index in [0.29, 0.717) is 5.02 Å². The second-order valence-corrected chi connectivity index (χ2v) is 4.10. The summed E-state index contributed by atoms with van der Waals surface area (Å²) < 4.78 is 1.05. The van der Waals surface area contributed by atoms with Crippen molar-refractivity contribution in [1.29, 1.82) is 0 Å². The SMILES string of the molecule is NC(=O)CNc1ccc(I)cc1Cl. The Morgan fingerprint density at radius 1 is 1.62 bits per heavy atom. The van der Waals surface area contributed by atoms with Gasteiger partial charge in [-0.2, -0.15) is 0 Å². The third-order valence-electron chi connectivity index (χ3n) is 1.38. The van der Waals surface area contributed by atoms with Crippen LogP contribution in [0.1, 0.15) is 0 Å². The number of carbonyl (C=O) groups is 1. The highest BCUT2D eigenvalue weighted by Gasteiger charge is 2.00. The van der Waals surface area contributed by atoms with Crippen molar-refractivity contribution in [2.45, 2.75) is 0 Å². The largest absolute Gasteiger partial charge is 0.375 e. The molecule has 0 aliphatic rings. The average molecular weight is 311 g/mol. The molecule has 0 saturated heterocycles. The molecule has 3 N–H and O–H groups in total. The van der Waals surface area contributed by atoms with Gasteiger partial charge in [0.05, 0.1) is 17.3 Å². The Kier molecular flexibility index (Phi) is 3.80. The number of hydrogen-bond acceptors (Lipinski definition) is 2. The molecule has 0 unspecified atom stereocenters. The van der Waals surface area contributed by atoms with E-state index in [-0.39, 0.29) is 6.54 Å². The zero-order chi connectivity index (χ0) is 9.84. The first-order valence-corrected chi connectivity index (χ1v) is 5.02. The fraction of sp³-hybridized carbons (Fsp3) is 0.125. The molecule has 0 aliphatic carbocycles. The van der Waals surface area contributed by atoms with Gasteiger partial charge in [0, 0.05) is 3.57 Å². The summed E-state index contributed by atoms with van der Waals surface area (Å²) in [5.74, 6) is -0.408. The van der Waals surface area contributed by atoms with Crippen molar-refractivity contribution in [2.75, 3.05) is 11.9 Å². The van der Waals surface area contributed by atoms with E-state index in [0.717, 1.165) is 9.26 Å². The maximum Gasteiger partial charge on any atom is 0.236 e. The monoisotopic (exact) mass is 310 g/mol. The predicted molar refractivity (Wildman–Crippen MR) is 61.9 cm³/mol. The van der Waals surface area contributed by atoms with Crippen molar-refractivity contribution in [1.82, 2.24) is 0 Å². The van der Waals surface area contributed by atoms with Crippen molar-refractivity contribution in [3.63, 3.8) is 0 Å². The van der Waals surface area contributed by atoms with Gasteiger partial charge in [0.1, 0.15) is 0 Å². The normalized spacial score (nSPS) is 9.69. The lowest BCUT2D eigenvalue weighted by Gasteiger charge is -2.05. The van der Waals surface area contributed by atoms with Crippen LogP contribution < -0.4 is 11.1 Å². The number of halogens is 2. The van der Waals surface area contributed by atoms with Crippen LogP contribution in [0.2, 0.25) is 5.02 Å². The Morgan fingerprint density at radius 2 is 2.31 bits per heavy atom. The Balaban J connectivity index is 2.72. The summed E-state index contributed by atoms with van der Waals surface area (Å²) in [4.78, 5) is 10.5. The van der Waals surface area contributed by atoms with Gasteiger partial charge in [0.25, 0.3) is 0 Å². The van der Waals surface area contributed by atoms with Crippen molar-refractivity contribution < 1.29 is 4.79 Å². The summed E-state index contributed by atoms with van der Waals surface area (Å²) >= 11 is 8.05. The second-order valence-electron chi connectivity index (χ2n) is 2.44. The lowest BCUT2D eigenvalue weighted by Crippen LogP contribution is -2.21. The number of primary amides is 1. The van der Waals surface area contributed by atoms with Crippen LogP contribution >= 0.6 is 34.2 Å². The van der Waals surface area contributed by atoms with E-state index in [1.807, 2.05) is 18.2 Å². The Bertz CT molecular complexity index is 330. The van der Waals surface area contributed by atoms with Crippen LogP contribution in [0.15, 0.2) is 18.2 Å². The lowest BCUT2D eigenvalue weighted by atomic mass is 10.3. The molecule has 0 atom stereocenters. The molecule has 1 amide bonds. The second kappa shape index (κ2) is 4.66. The fourth-order valence-electron chi connectivity index (χ4n) is 0.815. The third kappa shape index (κ3) is 3.40. The number of hydrogen-bond donors (Lipinski definition) is 2. The predicted octanol–water partition coefficient (Wildman–Crippen LogP) is 1.84. The van der Waals surface area contributed by atoms with E-state index in [4.69, 9.17) is 17.3 Å². The van der Waals surface area contributed by atoms with E-state index in [1.165, 1.54) is 0 Å². The molecule has 1 aromatic carbocycles. The zero-order valence-electron chi connectivity index (χ0n) is 6.68. The number of carbonyl (C=O) groups excluding carboxylic acids is 1. The molecule has 70 valence electrons. The summed E-state index contributed by atoms with van der Waals surface area (Å²) in [6.07, 6.45) is 0. The fourth-order valence-corrected chi connectivity index (χ4v) is 1.74. The minimum absolute atomic E-state index is 0.0975. The highest BCUT2D eigenvalue weighted by atomic mass is 127. The van der Waals surface area contributed by atoms with Gasteiger partial charge >= 0.3 is 0 Å². The van der Waals surface area contributed by atoms with Gasteiger partial charge in [0.2, 0.25) is 5.91 Å². The minimum Gasteiger partial charge on any atom is -0.375 e. The first-order valence-electron chi connectivity index (χ1n) is 3.57. The first kappa shape index (κ1) is 10.6. The topological polar surface area (TPSA) is 55.1 Å². The van der Waals surface area contributed by atoms with E-state index < -0.39 is 5.91 Å². The molecule has 0 aromatic heterocycles. The summed E-state index contributed by atoms with van der Waals surface area (Å²) in [6, 6.07) is 5.52. The summed E-state index contributed by atoms with van der Waals surface area (Å²) in [6.45, 7) is 0.0975. The van der Waals surface area contributed by atoms with E-state index in [1.54, 1.807) is 0 Å². The zero-order valence-corrected chi connectivity index (χ0v) is 9.59. The van der Waals surface area contributed by atoms with Crippen LogP contribution in [0.4, 0.5) is 5.69 Å². The maximum absolute atomic E-state index is 10.5. The molecule has 0 fully saturated rings. The molecule has 5 heteroatoms. The minimum atomic E-state index is -0.408. The third-order valence-corrected chi connectivity index (χ3v) is 2.37.